The van der Waals surface area contributed by atoms with E-state index in [-0.39, 0.29) is 43.4 Å². The number of hydrogen-bond acceptors (Lipinski definition) is 7. The molecule has 3 fully saturated rings. The van der Waals surface area contributed by atoms with E-state index < -0.39 is 33.5 Å². The van der Waals surface area contributed by atoms with E-state index in [4.69, 9.17) is 0 Å². The van der Waals surface area contributed by atoms with Crippen LogP contribution in [0.2, 0.25) is 0 Å². The van der Waals surface area contributed by atoms with Gasteiger partial charge in [-0.3, -0.25) is 9.59 Å². The lowest BCUT2D eigenvalue weighted by atomic mass is 9.86. The molecule has 3 aliphatic rings. The molecule has 224 valence electrons. The summed E-state index contributed by atoms with van der Waals surface area (Å²) in [5.74, 6) is -0.653. The predicted octanol–water partition coefficient (Wildman–Crippen LogP) is 2.30. The number of nitrogens with one attached hydrogen (secondary N) is 2. The summed E-state index contributed by atoms with van der Waals surface area (Å²) in [6, 6.07) is 2.50. The Kier molecular flexibility index (Phi) is 10.5. The molecule has 0 aromatic carbocycles. The molecule has 1 unspecified atom stereocenters. The van der Waals surface area contributed by atoms with Crippen molar-refractivity contribution in [1.82, 2.24) is 24.7 Å². The molecule has 13 heteroatoms. The van der Waals surface area contributed by atoms with Crippen LogP contribution in [0.1, 0.15) is 63.7 Å². The van der Waals surface area contributed by atoms with Crippen molar-refractivity contribution in [3.8, 4) is 0 Å². The van der Waals surface area contributed by atoms with Crippen LogP contribution >= 0.6 is 11.3 Å². The van der Waals surface area contributed by atoms with Crippen molar-refractivity contribution in [3.05, 3.63) is 22.4 Å². The molecule has 11 nitrogen and oxygen atoms in total. The zero-order valence-corrected chi connectivity index (χ0v) is 25.1. The van der Waals surface area contributed by atoms with E-state index in [1.807, 2.05) is 17.5 Å². The van der Waals surface area contributed by atoms with Gasteiger partial charge in [0.05, 0.1) is 24.4 Å². The smallest absolute Gasteiger partial charge is 0.407 e. The van der Waals surface area contributed by atoms with Crippen molar-refractivity contribution < 1.29 is 27.9 Å². The Hall–Kier alpha value is -2.22. The number of amides is 3. The van der Waals surface area contributed by atoms with E-state index in [0.717, 1.165) is 30.6 Å². The lowest BCUT2D eigenvalue weighted by molar-refractivity contribution is -0.146. The number of carbonyl (C=O) groups is 3. The van der Waals surface area contributed by atoms with Gasteiger partial charge in [0.2, 0.25) is 21.8 Å². The molecule has 1 aromatic heterocycles. The zero-order valence-electron chi connectivity index (χ0n) is 23.5. The number of sulfonamides is 1. The molecule has 1 saturated carbocycles. The second-order valence-corrected chi connectivity index (χ2v) is 14.9. The number of hydrogen-bond donors (Lipinski definition) is 3. The molecule has 1 aliphatic carbocycles. The number of nitrogens with zero attached hydrogens (tertiary/aromatic N) is 3. The number of thiophene rings is 1. The van der Waals surface area contributed by atoms with Crippen LogP contribution in [0.25, 0.3) is 0 Å². The fraction of sp³-hybridized carbons (Fsp3) is 0.741. The van der Waals surface area contributed by atoms with Crippen LogP contribution in [0, 0.1) is 5.92 Å². The van der Waals surface area contributed by atoms with Gasteiger partial charge in [-0.15, -0.1) is 11.3 Å². The molecule has 3 N–H and O–H groups in total. The van der Waals surface area contributed by atoms with Gasteiger partial charge in [0.15, 0.2) is 0 Å². The monoisotopic (exact) mass is 597 g/mol. The molecule has 0 spiro atoms. The van der Waals surface area contributed by atoms with Gasteiger partial charge in [-0.05, 0) is 56.9 Å². The fourth-order valence-corrected chi connectivity index (χ4v) is 7.98. The largest absolute Gasteiger partial charge is 0.465 e. The quantitative estimate of drug-likeness (QED) is 0.397. The Bertz CT molecular complexity index is 1110. The third-order valence-corrected chi connectivity index (χ3v) is 11.6. The highest BCUT2D eigenvalue weighted by Gasteiger charge is 2.43. The van der Waals surface area contributed by atoms with E-state index in [1.165, 1.54) is 27.0 Å². The summed E-state index contributed by atoms with van der Waals surface area (Å²) in [4.78, 5) is 43.1. The van der Waals surface area contributed by atoms with Crippen molar-refractivity contribution in [1.29, 1.82) is 0 Å². The van der Waals surface area contributed by atoms with Crippen LogP contribution < -0.4 is 10.6 Å². The average molecular weight is 598 g/mol. The Balaban J connectivity index is 1.53. The summed E-state index contributed by atoms with van der Waals surface area (Å²) < 4.78 is 27.0. The number of piperazine rings is 1. The summed E-state index contributed by atoms with van der Waals surface area (Å²) in [5, 5.41) is 17.6. The Morgan fingerprint density at radius 1 is 1.05 bits per heavy atom. The van der Waals surface area contributed by atoms with Crippen LogP contribution in [0.15, 0.2) is 17.5 Å². The average Bonchev–Trinajstić information content (AvgIpc) is 3.48. The normalized spacial score (nSPS) is 22.8. The Morgan fingerprint density at radius 2 is 1.75 bits per heavy atom. The molecule has 1 aromatic rings. The van der Waals surface area contributed by atoms with Crippen molar-refractivity contribution >= 4 is 39.3 Å². The second kappa shape index (κ2) is 13.6. The van der Waals surface area contributed by atoms with Gasteiger partial charge in [-0.25, -0.2) is 17.5 Å². The highest BCUT2D eigenvalue weighted by molar-refractivity contribution is 7.89. The molecule has 3 amide bonds. The molecular weight excluding hydrogens is 554 g/mol. The minimum absolute atomic E-state index is 0.0830. The lowest BCUT2D eigenvalue weighted by Gasteiger charge is -2.44. The van der Waals surface area contributed by atoms with Crippen LogP contribution in [0.5, 0.6) is 0 Å². The number of carbonyl (C=O) groups excluding carboxylic acids is 2. The van der Waals surface area contributed by atoms with Gasteiger partial charge in [0, 0.05) is 37.1 Å². The number of piperidine rings is 1. The third-order valence-electron chi connectivity index (χ3n) is 8.47. The van der Waals surface area contributed by atoms with Gasteiger partial charge in [0.25, 0.3) is 0 Å². The molecule has 2 atom stereocenters. The molecule has 0 radical (unpaired) electrons. The summed E-state index contributed by atoms with van der Waals surface area (Å²) in [5.41, 5.74) is 0. The zero-order chi connectivity index (χ0) is 28.9. The minimum atomic E-state index is -3.37. The summed E-state index contributed by atoms with van der Waals surface area (Å²) >= 11 is 1.51. The fourth-order valence-electron chi connectivity index (χ4n) is 6.02. The first-order valence-corrected chi connectivity index (χ1v) is 16.8. The van der Waals surface area contributed by atoms with Gasteiger partial charge < -0.3 is 25.5 Å². The molecule has 4 rings (SSSR count). The maximum atomic E-state index is 14.3. The van der Waals surface area contributed by atoms with Crippen molar-refractivity contribution in [2.24, 2.45) is 5.92 Å². The van der Waals surface area contributed by atoms with Gasteiger partial charge in [-0.1, -0.05) is 25.3 Å². The molecule has 0 bridgehead atoms. The third kappa shape index (κ3) is 7.34. The predicted molar refractivity (Wildman–Crippen MR) is 153 cm³/mol. The molecular formula is C27H43N5O6S2. The maximum absolute atomic E-state index is 14.3. The second-order valence-electron chi connectivity index (χ2n) is 11.4. The highest BCUT2D eigenvalue weighted by Crippen LogP contribution is 2.28. The Labute approximate surface area is 241 Å². The van der Waals surface area contributed by atoms with Crippen LogP contribution in [-0.2, 0) is 26.2 Å². The number of rotatable bonds is 9. The van der Waals surface area contributed by atoms with Crippen molar-refractivity contribution in [2.75, 3.05) is 32.7 Å². The SMILES string of the molecule is CC(C)S(=O)(=O)N1CCC(C(NC2CCCCC2)C(=O)N2CCN(C(=O)O)C[C@H]2C(=O)NCc2cccs2)CC1. The van der Waals surface area contributed by atoms with Gasteiger partial charge in [0.1, 0.15) is 6.04 Å². The molecule has 40 heavy (non-hydrogen) atoms. The number of carboxylic acid groups (broad SMARTS) is 1. The first kappa shape index (κ1) is 30.7. The summed E-state index contributed by atoms with van der Waals surface area (Å²) in [6.45, 7) is 4.57. The molecule has 3 heterocycles. The van der Waals surface area contributed by atoms with E-state index in [0.29, 0.717) is 32.5 Å². The van der Waals surface area contributed by atoms with Crippen LogP contribution in [-0.4, -0.2) is 102 Å². The summed E-state index contributed by atoms with van der Waals surface area (Å²) in [6.07, 6.45) is 5.29. The molecule has 2 saturated heterocycles. The van der Waals surface area contributed by atoms with E-state index in [9.17, 15) is 27.9 Å². The van der Waals surface area contributed by atoms with Gasteiger partial charge >= 0.3 is 6.09 Å². The van der Waals surface area contributed by atoms with E-state index in [1.54, 1.807) is 18.7 Å². The standard InChI is InChI=1S/C27H43N5O6S2/c1-19(2)40(37,38)31-12-10-20(11-13-31)24(29-21-7-4-3-5-8-21)26(34)32-15-14-30(27(35)36)18-23(32)25(33)28-17-22-9-6-16-39-22/h6,9,16,19-21,23-24,29H,3-5,7-8,10-15,17-18H2,1-2H3,(H,28,33)(H,35,36)/t23-,24?/m0/s1. The van der Waals surface area contributed by atoms with E-state index in [2.05, 4.69) is 10.6 Å². The maximum Gasteiger partial charge on any atom is 0.407 e. The molecule has 2 aliphatic heterocycles. The first-order chi connectivity index (χ1) is 19.1. The van der Waals surface area contributed by atoms with Crippen LogP contribution in [0.4, 0.5) is 4.79 Å². The first-order valence-electron chi connectivity index (χ1n) is 14.4. The van der Waals surface area contributed by atoms with Crippen molar-refractivity contribution in [3.63, 3.8) is 0 Å². The van der Waals surface area contributed by atoms with Crippen LogP contribution in [0.3, 0.4) is 0 Å². The highest BCUT2D eigenvalue weighted by atomic mass is 32.2. The van der Waals surface area contributed by atoms with E-state index >= 15 is 0 Å². The van der Waals surface area contributed by atoms with Gasteiger partial charge in [-0.2, -0.15) is 0 Å². The minimum Gasteiger partial charge on any atom is -0.465 e. The lowest BCUT2D eigenvalue weighted by Crippen LogP contribution is -2.65. The topological polar surface area (TPSA) is 139 Å². The Morgan fingerprint density at radius 3 is 2.35 bits per heavy atom. The van der Waals surface area contributed by atoms with Crippen molar-refractivity contribution in [2.45, 2.75) is 88.7 Å². The summed E-state index contributed by atoms with van der Waals surface area (Å²) in [7, 11) is -3.37.